The monoisotopic (exact) mass is 410 g/mol. The minimum Gasteiger partial charge on any atom is -0.368 e. The zero-order chi connectivity index (χ0) is 17.4. The SMILES string of the molecule is Cc1ccc(-c2ccc3nc(N)nc(Nc4cccc(Br)c4)c3c2)s1. The van der Waals surface area contributed by atoms with E-state index in [1.165, 1.54) is 9.75 Å². The number of fused-ring (bicyclic) bond motifs is 1. The van der Waals surface area contributed by atoms with Crippen LogP contribution in [0.5, 0.6) is 0 Å². The van der Waals surface area contributed by atoms with Crippen LogP contribution in [0.25, 0.3) is 21.3 Å². The summed E-state index contributed by atoms with van der Waals surface area (Å²) in [4.78, 5) is 11.3. The first-order valence-electron chi connectivity index (χ1n) is 7.75. The first kappa shape index (κ1) is 16.1. The molecule has 3 N–H and O–H groups in total. The molecule has 0 saturated carbocycles. The van der Waals surface area contributed by atoms with Gasteiger partial charge in [-0.1, -0.05) is 28.1 Å². The molecular formula is C19H15BrN4S. The summed E-state index contributed by atoms with van der Waals surface area (Å²) < 4.78 is 0.999. The molecule has 0 aliphatic carbocycles. The smallest absolute Gasteiger partial charge is 0.222 e. The van der Waals surface area contributed by atoms with E-state index in [9.17, 15) is 0 Å². The predicted octanol–water partition coefficient (Wildman–Crippen LogP) is 5.76. The maximum Gasteiger partial charge on any atom is 0.222 e. The van der Waals surface area contributed by atoms with Gasteiger partial charge >= 0.3 is 0 Å². The number of aromatic nitrogens is 2. The lowest BCUT2D eigenvalue weighted by atomic mass is 10.1. The molecule has 0 unspecified atom stereocenters. The van der Waals surface area contributed by atoms with Crippen molar-refractivity contribution in [3.63, 3.8) is 0 Å². The third kappa shape index (κ3) is 3.36. The van der Waals surface area contributed by atoms with Crippen molar-refractivity contribution in [2.24, 2.45) is 0 Å². The van der Waals surface area contributed by atoms with Crippen LogP contribution in [0.4, 0.5) is 17.5 Å². The normalized spacial score (nSPS) is 11.0. The second-order valence-corrected chi connectivity index (χ2v) is 7.91. The van der Waals surface area contributed by atoms with Crippen LogP contribution in [0.15, 0.2) is 59.1 Å². The summed E-state index contributed by atoms with van der Waals surface area (Å²) in [5.74, 6) is 0.959. The van der Waals surface area contributed by atoms with E-state index in [1.807, 2.05) is 30.3 Å². The Hall–Kier alpha value is -2.44. The van der Waals surface area contributed by atoms with E-state index in [4.69, 9.17) is 5.73 Å². The van der Waals surface area contributed by atoms with Gasteiger partial charge in [0.05, 0.1) is 5.52 Å². The van der Waals surface area contributed by atoms with Gasteiger partial charge in [-0.2, -0.15) is 4.98 Å². The van der Waals surface area contributed by atoms with Gasteiger partial charge in [-0.15, -0.1) is 11.3 Å². The molecule has 2 aromatic carbocycles. The molecule has 2 heterocycles. The molecule has 4 aromatic rings. The molecule has 124 valence electrons. The van der Waals surface area contributed by atoms with E-state index < -0.39 is 0 Å². The van der Waals surface area contributed by atoms with Crippen LogP contribution < -0.4 is 11.1 Å². The number of halogens is 1. The minimum absolute atomic E-state index is 0.254. The third-order valence-electron chi connectivity index (χ3n) is 3.83. The van der Waals surface area contributed by atoms with Crippen LogP contribution in [-0.2, 0) is 0 Å². The van der Waals surface area contributed by atoms with Crippen LogP contribution in [0.3, 0.4) is 0 Å². The van der Waals surface area contributed by atoms with Crippen LogP contribution >= 0.6 is 27.3 Å². The predicted molar refractivity (Wildman–Crippen MR) is 109 cm³/mol. The standard InChI is InChI=1S/C19H15BrN4S/c1-11-5-8-17(25-11)12-6-7-16-15(9-12)18(24-19(21)23-16)22-14-4-2-3-13(20)10-14/h2-10H,1H3,(H3,21,22,23,24). The lowest BCUT2D eigenvalue weighted by molar-refractivity contribution is 1.23. The number of nitrogens with one attached hydrogen (secondary N) is 1. The Morgan fingerprint density at radius 1 is 1.04 bits per heavy atom. The van der Waals surface area contributed by atoms with E-state index in [0.717, 1.165) is 26.6 Å². The highest BCUT2D eigenvalue weighted by atomic mass is 79.9. The Labute approximate surface area is 157 Å². The Morgan fingerprint density at radius 3 is 2.68 bits per heavy atom. The molecule has 0 saturated heterocycles. The molecule has 0 fully saturated rings. The van der Waals surface area contributed by atoms with Crippen molar-refractivity contribution >= 4 is 55.6 Å². The van der Waals surface area contributed by atoms with E-state index in [-0.39, 0.29) is 5.95 Å². The topological polar surface area (TPSA) is 63.8 Å². The second kappa shape index (κ2) is 6.46. The molecule has 0 aliphatic heterocycles. The van der Waals surface area contributed by atoms with Gasteiger partial charge in [-0.25, -0.2) is 4.98 Å². The molecule has 0 aliphatic rings. The Morgan fingerprint density at radius 2 is 1.92 bits per heavy atom. The molecule has 4 nitrogen and oxygen atoms in total. The number of hydrogen-bond donors (Lipinski definition) is 2. The lowest BCUT2D eigenvalue weighted by Gasteiger charge is -2.11. The zero-order valence-corrected chi connectivity index (χ0v) is 15.9. The van der Waals surface area contributed by atoms with E-state index in [0.29, 0.717) is 5.82 Å². The number of rotatable bonds is 3. The lowest BCUT2D eigenvalue weighted by Crippen LogP contribution is -2.01. The fourth-order valence-corrected chi connectivity index (χ4v) is 3.95. The van der Waals surface area contributed by atoms with Crippen molar-refractivity contribution in [2.75, 3.05) is 11.1 Å². The first-order valence-corrected chi connectivity index (χ1v) is 9.36. The van der Waals surface area contributed by atoms with E-state index in [2.05, 4.69) is 62.4 Å². The van der Waals surface area contributed by atoms with Gasteiger partial charge in [0.25, 0.3) is 0 Å². The van der Waals surface area contributed by atoms with Crippen molar-refractivity contribution in [1.29, 1.82) is 0 Å². The average molecular weight is 411 g/mol. The highest BCUT2D eigenvalue weighted by Gasteiger charge is 2.10. The molecule has 0 bridgehead atoms. The van der Waals surface area contributed by atoms with Gasteiger partial charge in [0, 0.05) is 25.3 Å². The molecule has 4 rings (SSSR count). The van der Waals surface area contributed by atoms with Crippen LogP contribution in [0, 0.1) is 6.92 Å². The molecule has 0 spiro atoms. The van der Waals surface area contributed by atoms with Gasteiger partial charge in [0.15, 0.2) is 0 Å². The number of anilines is 3. The number of thiophene rings is 1. The number of aryl methyl sites for hydroxylation is 1. The highest BCUT2D eigenvalue weighted by Crippen LogP contribution is 2.33. The van der Waals surface area contributed by atoms with Gasteiger partial charge in [0.2, 0.25) is 5.95 Å². The van der Waals surface area contributed by atoms with Gasteiger partial charge in [0.1, 0.15) is 5.82 Å². The maximum absolute atomic E-state index is 5.89. The molecular weight excluding hydrogens is 396 g/mol. The molecule has 2 aromatic heterocycles. The van der Waals surface area contributed by atoms with Crippen molar-refractivity contribution in [3.05, 3.63) is 63.9 Å². The van der Waals surface area contributed by atoms with Crippen LogP contribution in [0.1, 0.15) is 4.88 Å². The molecule has 6 heteroatoms. The van der Waals surface area contributed by atoms with Gasteiger partial charge < -0.3 is 11.1 Å². The number of nitrogen functional groups attached to an aromatic ring is 1. The number of nitrogens with two attached hydrogens (primary N) is 1. The van der Waals surface area contributed by atoms with E-state index in [1.54, 1.807) is 11.3 Å². The minimum atomic E-state index is 0.254. The van der Waals surface area contributed by atoms with E-state index >= 15 is 0 Å². The fraction of sp³-hybridized carbons (Fsp3) is 0.0526. The molecule has 0 atom stereocenters. The van der Waals surface area contributed by atoms with Crippen molar-refractivity contribution in [3.8, 4) is 10.4 Å². The van der Waals surface area contributed by atoms with Crippen molar-refractivity contribution < 1.29 is 0 Å². The molecule has 0 radical (unpaired) electrons. The largest absolute Gasteiger partial charge is 0.368 e. The van der Waals surface area contributed by atoms with Crippen LogP contribution in [0.2, 0.25) is 0 Å². The Balaban J connectivity index is 1.84. The molecule has 0 amide bonds. The number of nitrogens with zero attached hydrogens (tertiary/aromatic N) is 2. The Kier molecular flexibility index (Phi) is 4.15. The first-order chi connectivity index (χ1) is 12.1. The highest BCUT2D eigenvalue weighted by molar-refractivity contribution is 9.10. The summed E-state index contributed by atoms with van der Waals surface area (Å²) in [6.45, 7) is 2.11. The van der Waals surface area contributed by atoms with Gasteiger partial charge in [-0.05, 0) is 55.0 Å². The summed E-state index contributed by atoms with van der Waals surface area (Å²) in [5, 5.41) is 4.30. The Bertz CT molecular complexity index is 1070. The zero-order valence-electron chi connectivity index (χ0n) is 13.5. The second-order valence-electron chi connectivity index (χ2n) is 5.71. The summed E-state index contributed by atoms with van der Waals surface area (Å²) in [7, 11) is 0. The average Bonchev–Trinajstić information content (AvgIpc) is 3.01. The van der Waals surface area contributed by atoms with Crippen molar-refractivity contribution in [2.45, 2.75) is 6.92 Å². The third-order valence-corrected chi connectivity index (χ3v) is 5.37. The maximum atomic E-state index is 5.89. The summed E-state index contributed by atoms with van der Waals surface area (Å²) in [6.07, 6.45) is 0. The summed E-state index contributed by atoms with van der Waals surface area (Å²) >= 11 is 5.26. The fourth-order valence-electron chi connectivity index (χ4n) is 2.69. The van der Waals surface area contributed by atoms with Crippen molar-refractivity contribution in [1.82, 2.24) is 9.97 Å². The van der Waals surface area contributed by atoms with Gasteiger partial charge in [-0.3, -0.25) is 0 Å². The number of benzene rings is 2. The van der Waals surface area contributed by atoms with Crippen LogP contribution in [-0.4, -0.2) is 9.97 Å². The quantitative estimate of drug-likeness (QED) is 0.450. The molecule has 25 heavy (non-hydrogen) atoms. The summed E-state index contributed by atoms with van der Waals surface area (Å²) in [5.41, 5.74) is 8.80. The number of hydrogen-bond acceptors (Lipinski definition) is 5. The summed E-state index contributed by atoms with van der Waals surface area (Å²) in [6, 6.07) is 18.4.